The van der Waals surface area contributed by atoms with Crippen molar-refractivity contribution < 1.29 is 19.9 Å². The number of carbonyl (C=O) groups is 1. The number of aromatic hydroxyl groups is 1. The molecule has 2 N–H and O–H groups in total. The van der Waals surface area contributed by atoms with Gasteiger partial charge in [0.15, 0.2) is 5.75 Å². The fraction of sp³-hybridized carbons (Fsp3) is 0. The number of nitrogens with zero attached hydrogens (tertiary/aromatic N) is 1. The van der Waals surface area contributed by atoms with Gasteiger partial charge in [-0.25, -0.2) is 4.79 Å². The maximum Gasteiger partial charge on any atom is 0.337 e. The fourth-order valence-corrected chi connectivity index (χ4v) is 1.36. The van der Waals surface area contributed by atoms with Crippen LogP contribution in [0, 0.1) is 10.1 Å². The number of carboxylic acids is 1. The number of phenols is 1. The average molecular weight is 262 g/mol. The quantitative estimate of drug-likeness (QED) is 0.624. The van der Waals surface area contributed by atoms with Crippen LogP contribution in [0.2, 0.25) is 0 Å². The van der Waals surface area contributed by atoms with E-state index in [2.05, 4.69) is 15.9 Å². The summed E-state index contributed by atoms with van der Waals surface area (Å²) in [5.41, 5.74) is -0.903. The van der Waals surface area contributed by atoms with Crippen molar-refractivity contribution in [3.05, 3.63) is 32.3 Å². The first kappa shape index (κ1) is 10.5. The van der Waals surface area contributed by atoms with Gasteiger partial charge < -0.3 is 10.2 Å². The van der Waals surface area contributed by atoms with Crippen molar-refractivity contribution in [3.8, 4) is 5.75 Å². The zero-order valence-corrected chi connectivity index (χ0v) is 8.19. The van der Waals surface area contributed by atoms with Crippen molar-refractivity contribution in [3.63, 3.8) is 0 Å². The molecule has 0 atom stereocenters. The molecule has 1 aromatic rings. The number of nitro groups is 1. The first-order chi connectivity index (χ1) is 6.43. The molecule has 0 aliphatic heterocycles. The van der Waals surface area contributed by atoms with Gasteiger partial charge in [0.2, 0.25) is 0 Å². The lowest BCUT2D eigenvalue weighted by Crippen LogP contribution is -1.99. The van der Waals surface area contributed by atoms with Gasteiger partial charge in [-0.2, -0.15) is 0 Å². The van der Waals surface area contributed by atoms with Gasteiger partial charge in [-0.15, -0.1) is 0 Å². The molecule has 74 valence electrons. The molecule has 0 radical (unpaired) electrons. The van der Waals surface area contributed by atoms with Crippen LogP contribution in [0.25, 0.3) is 0 Å². The minimum atomic E-state index is -1.31. The molecule has 1 rings (SSSR count). The molecule has 1 aromatic carbocycles. The molecular formula is C7H4BrNO5. The van der Waals surface area contributed by atoms with Crippen molar-refractivity contribution in [1.29, 1.82) is 0 Å². The number of nitro benzene ring substituents is 1. The van der Waals surface area contributed by atoms with Crippen molar-refractivity contribution in [1.82, 2.24) is 0 Å². The maximum absolute atomic E-state index is 10.6. The Balaban J connectivity index is 3.42. The Bertz CT molecular complexity index is 382. The minimum absolute atomic E-state index is 0.0908. The first-order valence-electron chi connectivity index (χ1n) is 3.33. The summed E-state index contributed by atoms with van der Waals surface area (Å²) in [6.07, 6.45) is 0. The molecule has 0 spiro atoms. The Labute approximate surface area is 86.1 Å². The summed E-state index contributed by atoms with van der Waals surface area (Å²) < 4.78 is 0.0908. The molecule has 7 heteroatoms. The molecule has 0 aromatic heterocycles. The van der Waals surface area contributed by atoms with Crippen LogP contribution in [0.3, 0.4) is 0 Å². The van der Waals surface area contributed by atoms with Gasteiger partial charge in [0, 0.05) is 16.6 Å². The van der Waals surface area contributed by atoms with Crippen LogP contribution in [0.4, 0.5) is 5.69 Å². The van der Waals surface area contributed by atoms with E-state index in [1.165, 1.54) is 0 Å². The summed E-state index contributed by atoms with van der Waals surface area (Å²) in [6, 6.07) is 1.77. The van der Waals surface area contributed by atoms with Gasteiger partial charge in [-0.05, 0) is 15.9 Å². The van der Waals surface area contributed by atoms with E-state index < -0.39 is 22.3 Å². The third-order valence-corrected chi connectivity index (χ3v) is 2.15. The molecule has 0 aliphatic carbocycles. The second-order valence-electron chi connectivity index (χ2n) is 2.38. The van der Waals surface area contributed by atoms with Crippen molar-refractivity contribution >= 4 is 27.6 Å². The van der Waals surface area contributed by atoms with Gasteiger partial charge in [-0.1, -0.05) is 0 Å². The lowest BCUT2D eigenvalue weighted by Gasteiger charge is -2.00. The molecule has 0 amide bonds. The highest BCUT2D eigenvalue weighted by atomic mass is 79.9. The number of carboxylic acid groups (broad SMARTS) is 1. The maximum atomic E-state index is 10.6. The second kappa shape index (κ2) is 3.62. The van der Waals surface area contributed by atoms with E-state index in [4.69, 9.17) is 10.2 Å². The molecule has 0 fully saturated rings. The van der Waals surface area contributed by atoms with Crippen molar-refractivity contribution in [2.45, 2.75) is 0 Å². The van der Waals surface area contributed by atoms with Gasteiger partial charge in [-0.3, -0.25) is 10.1 Å². The highest BCUT2D eigenvalue weighted by molar-refractivity contribution is 9.10. The SMILES string of the molecule is O=C(O)c1cc([N+](=O)[O-])c(O)cc1Br. The van der Waals surface area contributed by atoms with Crippen LogP contribution in [-0.4, -0.2) is 21.1 Å². The van der Waals surface area contributed by atoms with E-state index in [0.29, 0.717) is 0 Å². The zero-order chi connectivity index (χ0) is 10.9. The number of phenolic OH excluding ortho intramolecular Hbond substituents is 1. The van der Waals surface area contributed by atoms with E-state index in [1.807, 2.05) is 0 Å². The van der Waals surface area contributed by atoms with E-state index in [0.717, 1.165) is 12.1 Å². The van der Waals surface area contributed by atoms with E-state index >= 15 is 0 Å². The molecule has 0 bridgehead atoms. The number of hydrogen-bond donors (Lipinski definition) is 2. The van der Waals surface area contributed by atoms with Gasteiger partial charge in [0.1, 0.15) is 0 Å². The average Bonchev–Trinajstić information content (AvgIpc) is 2.02. The first-order valence-corrected chi connectivity index (χ1v) is 4.13. The Kier molecular flexibility index (Phi) is 2.70. The van der Waals surface area contributed by atoms with E-state index in [1.54, 1.807) is 0 Å². The predicted molar refractivity (Wildman–Crippen MR) is 49.4 cm³/mol. The second-order valence-corrected chi connectivity index (χ2v) is 3.24. The third-order valence-electron chi connectivity index (χ3n) is 1.49. The highest BCUT2D eigenvalue weighted by Gasteiger charge is 2.19. The van der Waals surface area contributed by atoms with Gasteiger partial charge in [0.05, 0.1) is 10.5 Å². The number of benzene rings is 1. The lowest BCUT2D eigenvalue weighted by molar-refractivity contribution is -0.385. The Morgan fingerprint density at radius 1 is 1.50 bits per heavy atom. The monoisotopic (exact) mass is 261 g/mol. The predicted octanol–water partition coefficient (Wildman–Crippen LogP) is 1.76. The molecule has 0 saturated heterocycles. The number of aromatic carboxylic acids is 1. The van der Waals surface area contributed by atoms with E-state index in [-0.39, 0.29) is 10.0 Å². The fourth-order valence-electron chi connectivity index (χ4n) is 0.861. The van der Waals surface area contributed by atoms with Gasteiger partial charge >= 0.3 is 11.7 Å². The van der Waals surface area contributed by atoms with Crippen molar-refractivity contribution in [2.24, 2.45) is 0 Å². The highest BCUT2D eigenvalue weighted by Crippen LogP contribution is 2.31. The Morgan fingerprint density at radius 3 is 2.50 bits per heavy atom. The largest absolute Gasteiger partial charge is 0.502 e. The van der Waals surface area contributed by atoms with Crippen LogP contribution >= 0.6 is 15.9 Å². The third kappa shape index (κ3) is 1.82. The van der Waals surface area contributed by atoms with Crippen molar-refractivity contribution in [2.75, 3.05) is 0 Å². The summed E-state index contributed by atoms with van der Waals surface area (Å²) in [4.78, 5) is 20.1. The standard InChI is InChI=1S/C7H4BrNO5/c8-4-2-6(10)5(9(13)14)1-3(4)7(11)12/h1-2,10H,(H,11,12). The molecule has 0 heterocycles. The van der Waals surface area contributed by atoms with Crippen LogP contribution in [0.1, 0.15) is 10.4 Å². The zero-order valence-electron chi connectivity index (χ0n) is 6.60. The summed E-state index contributed by atoms with van der Waals surface area (Å²) in [5, 5.41) is 28.1. The topological polar surface area (TPSA) is 101 Å². The number of hydrogen-bond acceptors (Lipinski definition) is 4. The smallest absolute Gasteiger partial charge is 0.337 e. The molecule has 0 unspecified atom stereocenters. The Morgan fingerprint density at radius 2 is 2.07 bits per heavy atom. The molecular weight excluding hydrogens is 258 g/mol. The minimum Gasteiger partial charge on any atom is -0.502 e. The number of rotatable bonds is 2. The normalized spacial score (nSPS) is 9.79. The molecule has 6 nitrogen and oxygen atoms in total. The van der Waals surface area contributed by atoms with Gasteiger partial charge in [0.25, 0.3) is 0 Å². The molecule has 14 heavy (non-hydrogen) atoms. The van der Waals surface area contributed by atoms with Crippen LogP contribution < -0.4 is 0 Å². The Hall–Kier alpha value is -1.63. The van der Waals surface area contributed by atoms with Crippen LogP contribution in [0.5, 0.6) is 5.75 Å². The summed E-state index contributed by atoms with van der Waals surface area (Å²) in [6.45, 7) is 0. The summed E-state index contributed by atoms with van der Waals surface area (Å²) >= 11 is 2.87. The summed E-state index contributed by atoms with van der Waals surface area (Å²) in [7, 11) is 0. The van der Waals surface area contributed by atoms with Crippen LogP contribution in [0.15, 0.2) is 16.6 Å². The molecule has 0 aliphatic rings. The number of halogens is 1. The lowest BCUT2D eigenvalue weighted by atomic mass is 10.2. The summed E-state index contributed by atoms with van der Waals surface area (Å²) in [5.74, 6) is -1.88. The van der Waals surface area contributed by atoms with E-state index in [9.17, 15) is 14.9 Å². The van der Waals surface area contributed by atoms with Crippen LogP contribution in [-0.2, 0) is 0 Å². The molecule has 0 saturated carbocycles.